The Morgan fingerprint density at radius 2 is 1.92 bits per heavy atom. The molecule has 0 aliphatic carbocycles. The van der Waals surface area contributed by atoms with E-state index in [1.165, 1.54) is 18.2 Å². The molecule has 0 spiro atoms. The highest BCUT2D eigenvalue weighted by Gasteiger charge is 2.15. The van der Waals surface area contributed by atoms with E-state index in [4.69, 9.17) is 5.26 Å². The molecule has 0 unspecified atom stereocenters. The Bertz CT molecular complexity index is 948. The van der Waals surface area contributed by atoms with E-state index in [0.717, 1.165) is 4.57 Å². The van der Waals surface area contributed by atoms with Gasteiger partial charge in [-0.15, -0.1) is 0 Å². The van der Waals surface area contributed by atoms with Crippen LogP contribution in [0.4, 0.5) is 5.69 Å². The number of amides is 1. The van der Waals surface area contributed by atoms with Crippen molar-refractivity contribution in [2.45, 2.75) is 6.92 Å². The van der Waals surface area contributed by atoms with Gasteiger partial charge in [0.2, 0.25) is 5.88 Å². The number of aromatic nitrogens is 1. The number of carbonyl (C=O) groups excluding carboxylic acids is 1. The highest BCUT2D eigenvalue weighted by atomic mass is 16.3. The summed E-state index contributed by atoms with van der Waals surface area (Å²) in [6.07, 6.45) is 1.40. The smallest absolute Gasteiger partial charge is 0.271 e. The van der Waals surface area contributed by atoms with Crippen LogP contribution < -0.4 is 5.56 Å². The molecule has 0 saturated carbocycles. The van der Waals surface area contributed by atoms with Crippen LogP contribution >= 0.6 is 0 Å². The topological polar surface area (TPSA) is 98.7 Å². The zero-order valence-electron chi connectivity index (χ0n) is 14.4. The number of hydrogen-bond acceptors (Lipinski definition) is 5. The quantitative estimate of drug-likeness (QED) is 0.862. The molecule has 0 atom stereocenters. The van der Waals surface area contributed by atoms with Gasteiger partial charge in [-0.25, -0.2) is 0 Å². The van der Waals surface area contributed by atoms with Gasteiger partial charge in [0.15, 0.2) is 0 Å². The van der Waals surface area contributed by atoms with E-state index in [1.807, 2.05) is 6.07 Å². The van der Waals surface area contributed by atoms with Crippen LogP contribution in [0.25, 0.3) is 0 Å². The lowest BCUT2D eigenvalue weighted by Crippen LogP contribution is -2.22. The van der Waals surface area contributed by atoms with Crippen LogP contribution in [0.15, 0.2) is 34.1 Å². The number of rotatable bonds is 3. The van der Waals surface area contributed by atoms with Crippen molar-refractivity contribution in [3.63, 3.8) is 0 Å². The Morgan fingerprint density at radius 3 is 2.44 bits per heavy atom. The van der Waals surface area contributed by atoms with Crippen molar-refractivity contribution in [2.24, 2.45) is 12.0 Å². The van der Waals surface area contributed by atoms with Crippen molar-refractivity contribution in [3.8, 4) is 11.9 Å². The Labute approximate surface area is 145 Å². The van der Waals surface area contributed by atoms with Gasteiger partial charge in [-0.05, 0) is 36.8 Å². The van der Waals surface area contributed by atoms with Gasteiger partial charge in [0.25, 0.3) is 11.5 Å². The molecule has 0 radical (unpaired) electrons. The molecule has 1 aromatic heterocycles. The number of aromatic hydroxyl groups is 1. The maximum Gasteiger partial charge on any atom is 0.271 e. The van der Waals surface area contributed by atoms with E-state index < -0.39 is 5.56 Å². The fourth-order valence-electron chi connectivity index (χ4n) is 2.28. The fraction of sp³-hybridized carbons (Fsp3) is 0.222. The molecule has 0 aliphatic rings. The van der Waals surface area contributed by atoms with Crippen LogP contribution in [0.3, 0.4) is 0 Å². The minimum atomic E-state index is -0.554. The van der Waals surface area contributed by atoms with Crippen molar-refractivity contribution < 1.29 is 9.90 Å². The molecule has 1 aromatic carbocycles. The molecule has 128 valence electrons. The van der Waals surface area contributed by atoms with Gasteiger partial charge in [0.05, 0.1) is 11.3 Å². The summed E-state index contributed by atoms with van der Waals surface area (Å²) < 4.78 is 1.01. The van der Waals surface area contributed by atoms with Crippen molar-refractivity contribution in [1.82, 2.24) is 9.47 Å². The first-order valence-electron chi connectivity index (χ1n) is 7.46. The Kier molecular flexibility index (Phi) is 5.03. The second kappa shape index (κ2) is 7.01. The molecular formula is C18H18N4O3. The Balaban J connectivity index is 2.41. The lowest BCUT2D eigenvalue weighted by atomic mass is 10.1. The maximum absolute atomic E-state index is 11.9. The van der Waals surface area contributed by atoms with Gasteiger partial charge in [-0.1, -0.05) is 0 Å². The van der Waals surface area contributed by atoms with E-state index >= 15 is 0 Å². The van der Waals surface area contributed by atoms with Gasteiger partial charge < -0.3 is 10.0 Å². The first kappa shape index (κ1) is 17.9. The van der Waals surface area contributed by atoms with Gasteiger partial charge in [0, 0.05) is 32.9 Å². The average Bonchev–Trinajstić information content (AvgIpc) is 2.60. The third kappa shape index (κ3) is 3.43. The van der Waals surface area contributed by atoms with Crippen LogP contribution in [-0.2, 0) is 7.05 Å². The SMILES string of the molecule is Cc1c(C=Nc2ccc(C(=O)N(C)C)cc2)c(O)n(C)c(=O)c1C#N. The zero-order chi connectivity index (χ0) is 18.7. The van der Waals surface area contributed by atoms with E-state index in [0.29, 0.717) is 22.4 Å². The molecule has 0 fully saturated rings. The van der Waals surface area contributed by atoms with Gasteiger partial charge in [-0.3, -0.25) is 19.1 Å². The number of benzene rings is 1. The third-order valence-corrected chi connectivity index (χ3v) is 3.83. The summed E-state index contributed by atoms with van der Waals surface area (Å²) in [6.45, 7) is 1.58. The van der Waals surface area contributed by atoms with Crippen LogP contribution in [0.2, 0.25) is 0 Å². The molecule has 2 aromatic rings. The van der Waals surface area contributed by atoms with Crippen molar-refractivity contribution in [1.29, 1.82) is 5.26 Å². The molecule has 0 aliphatic heterocycles. The second-order valence-electron chi connectivity index (χ2n) is 5.72. The molecule has 2 rings (SSSR count). The fourth-order valence-corrected chi connectivity index (χ4v) is 2.28. The minimum Gasteiger partial charge on any atom is -0.494 e. The summed E-state index contributed by atoms with van der Waals surface area (Å²) in [5, 5.41) is 19.3. The van der Waals surface area contributed by atoms with Crippen molar-refractivity contribution in [2.75, 3.05) is 14.1 Å². The first-order valence-corrected chi connectivity index (χ1v) is 7.46. The summed E-state index contributed by atoms with van der Waals surface area (Å²) in [5.74, 6) is -0.370. The Hall–Kier alpha value is -3.40. The van der Waals surface area contributed by atoms with Crippen LogP contribution in [0.1, 0.15) is 27.0 Å². The van der Waals surface area contributed by atoms with Crippen LogP contribution in [0.5, 0.6) is 5.88 Å². The highest BCUT2D eigenvalue weighted by molar-refractivity contribution is 5.94. The number of hydrogen-bond donors (Lipinski definition) is 1. The first-order chi connectivity index (χ1) is 11.8. The van der Waals surface area contributed by atoms with Gasteiger partial charge >= 0.3 is 0 Å². The number of aliphatic imine (C=N–C) groups is 1. The molecule has 1 heterocycles. The second-order valence-corrected chi connectivity index (χ2v) is 5.72. The molecular weight excluding hydrogens is 320 g/mol. The monoisotopic (exact) mass is 338 g/mol. The number of pyridine rings is 1. The molecule has 0 saturated heterocycles. The maximum atomic E-state index is 11.9. The number of nitriles is 1. The molecule has 7 nitrogen and oxygen atoms in total. The van der Waals surface area contributed by atoms with Gasteiger partial charge in [0.1, 0.15) is 11.6 Å². The van der Waals surface area contributed by atoms with E-state index in [-0.39, 0.29) is 17.4 Å². The zero-order valence-corrected chi connectivity index (χ0v) is 14.4. The standard InChI is InChI=1S/C18H18N4O3/c1-11-14(9-19)17(24)22(4)18(25)15(11)10-20-13-7-5-12(6-8-13)16(23)21(2)3/h5-8,10,25H,1-4H3. The third-order valence-electron chi connectivity index (χ3n) is 3.83. The summed E-state index contributed by atoms with van der Waals surface area (Å²) in [7, 11) is 4.73. The summed E-state index contributed by atoms with van der Waals surface area (Å²) in [4.78, 5) is 29.5. The molecule has 7 heteroatoms. The summed E-state index contributed by atoms with van der Waals surface area (Å²) >= 11 is 0. The van der Waals surface area contributed by atoms with Crippen LogP contribution in [-0.4, -0.2) is 40.8 Å². The largest absolute Gasteiger partial charge is 0.494 e. The lowest BCUT2D eigenvalue weighted by Gasteiger charge is -2.10. The Morgan fingerprint density at radius 1 is 1.32 bits per heavy atom. The van der Waals surface area contributed by atoms with Crippen molar-refractivity contribution >= 4 is 17.8 Å². The molecule has 1 amide bonds. The van der Waals surface area contributed by atoms with E-state index in [1.54, 1.807) is 45.3 Å². The molecule has 0 bridgehead atoms. The predicted octanol–water partition coefficient (Wildman–Crippen LogP) is 1.72. The molecule has 25 heavy (non-hydrogen) atoms. The average molecular weight is 338 g/mol. The van der Waals surface area contributed by atoms with E-state index in [9.17, 15) is 14.7 Å². The van der Waals surface area contributed by atoms with E-state index in [2.05, 4.69) is 4.99 Å². The number of nitrogens with zero attached hydrogens (tertiary/aromatic N) is 4. The predicted molar refractivity (Wildman–Crippen MR) is 94.5 cm³/mol. The van der Waals surface area contributed by atoms with Crippen molar-refractivity contribution in [3.05, 3.63) is 56.9 Å². The lowest BCUT2D eigenvalue weighted by molar-refractivity contribution is 0.0827. The van der Waals surface area contributed by atoms with Gasteiger partial charge in [-0.2, -0.15) is 5.26 Å². The highest BCUT2D eigenvalue weighted by Crippen LogP contribution is 2.20. The van der Waals surface area contributed by atoms with Crippen LogP contribution in [0, 0.1) is 18.3 Å². The number of carbonyl (C=O) groups is 1. The normalized spacial score (nSPS) is 10.7. The summed E-state index contributed by atoms with van der Waals surface area (Å²) in [6, 6.07) is 8.51. The summed E-state index contributed by atoms with van der Waals surface area (Å²) in [5.41, 5.74) is 1.19. The molecule has 1 N–H and O–H groups in total. The minimum absolute atomic E-state index is 0.0336.